The standard InChI is InChI=1S/C17H19ClN4O3S/c1-11-9-12(18)3-4-14(11)20-17-19-7-5-15(21-17)16(23)22(2)13-6-8-26(24,25)10-13/h3-5,7,9,13H,6,8,10H2,1-2H3,(H,19,20,21). The number of carbonyl (C=O) groups excluding carboxylic acids is 1. The van der Waals surface area contributed by atoms with E-state index in [1.807, 2.05) is 19.1 Å². The van der Waals surface area contributed by atoms with E-state index in [4.69, 9.17) is 11.6 Å². The van der Waals surface area contributed by atoms with Gasteiger partial charge in [-0.25, -0.2) is 18.4 Å². The van der Waals surface area contributed by atoms with Crippen molar-refractivity contribution in [2.24, 2.45) is 0 Å². The normalized spacial score (nSPS) is 18.5. The first-order valence-corrected chi connectivity index (χ1v) is 10.3. The van der Waals surface area contributed by atoms with Gasteiger partial charge in [-0.2, -0.15) is 0 Å². The summed E-state index contributed by atoms with van der Waals surface area (Å²) in [7, 11) is -1.46. The van der Waals surface area contributed by atoms with Gasteiger partial charge in [-0.3, -0.25) is 4.79 Å². The maximum atomic E-state index is 12.7. The van der Waals surface area contributed by atoms with Crippen LogP contribution in [0.15, 0.2) is 30.5 Å². The van der Waals surface area contributed by atoms with E-state index in [1.54, 1.807) is 13.1 Å². The number of hydrogen-bond donors (Lipinski definition) is 1. The molecule has 0 bridgehead atoms. The molecule has 1 N–H and O–H groups in total. The van der Waals surface area contributed by atoms with Gasteiger partial charge >= 0.3 is 0 Å². The Morgan fingerprint density at radius 1 is 1.35 bits per heavy atom. The Balaban J connectivity index is 1.77. The first kappa shape index (κ1) is 18.6. The van der Waals surface area contributed by atoms with Crippen LogP contribution in [0.5, 0.6) is 0 Å². The van der Waals surface area contributed by atoms with Gasteiger partial charge in [-0.05, 0) is 43.2 Å². The summed E-state index contributed by atoms with van der Waals surface area (Å²) in [5, 5.41) is 3.70. The van der Waals surface area contributed by atoms with E-state index in [1.165, 1.54) is 17.2 Å². The molecule has 26 heavy (non-hydrogen) atoms. The van der Waals surface area contributed by atoms with Gasteiger partial charge in [0.15, 0.2) is 9.84 Å². The lowest BCUT2D eigenvalue weighted by Crippen LogP contribution is -2.38. The van der Waals surface area contributed by atoms with Crippen molar-refractivity contribution >= 4 is 39.0 Å². The lowest BCUT2D eigenvalue weighted by molar-refractivity contribution is 0.0741. The number of benzene rings is 1. The van der Waals surface area contributed by atoms with Crippen LogP contribution in [0, 0.1) is 6.92 Å². The van der Waals surface area contributed by atoms with Crippen LogP contribution in [-0.2, 0) is 9.84 Å². The lowest BCUT2D eigenvalue weighted by Gasteiger charge is -2.23. The third-order valence-electron chi connectivity index (χ3n) is 4.39. The zero-order valence-electron chi connectivity index (χ0n) is 14.4. The molecule has 0 aliphatic carbocycles. The van der Waals surface area contributed by atoms with Gasteiger partial charge in [0.25, 0.3) is 5.91 Å². The Morgan fingerprint density at radius 3 is 2.77 bits per heavy atom. The zero-order valence-corrected chi connectivity index (χ0v) is 16.0. The predicted octanol–water partition coefficient (Wildman–Crippen LogP) is 2.44. The fourth-order valence-corrected chi connectivity index (χ4v) is 4.85. The maximum Gasteiger partial charge on any atom is 0.272 e. The number of sulfone groups is 1. The van der Waals surface area contributed by atoms with Crippen LogP contribution in [0.3, 0.4) is 0 Å². The summed E-state index contributed by atoms with van der Waals surface area (Å²) in [6, 6.07) is 6.57. The summed E-state index contributed by atoms with van der Waals surface area (Å²) in [4.78, 5) is 22.5. The second-order valence-electron chi connectivity index (χ2n) is 6.32. The van der Waals surface area contributed by atoms with Crippen molar-refractivity contribution in [2.75, 3.05) is 23.9 Å². The van der Waals surface area contributed by atoms with Crippen LogP contribution in [-0.4, -0.2) is 53.8 Å². The van der Waals surface area contributed by atoms with Crippen molar-refractivity contribution in [3.05, 3.63) is 46.7 Å². The topological polar surface area (TPSA) is 92.3 Å². The van der Waals surface area contributed by atoms with E-state index in [9.17, 15) is 13.2 Å². The molecule has 1 aromatic heterocycles. The molecule has 1 fully saturated rings. The van der Waals surface area contributed by atoms with Crippen LogP contribution in [0.1, 0.15) is 22.5 Å². The van der Waals surface area contributed by atoms with Gasteiger partial charge in [0.1, 0.15) is 5.69 Å². The van der Waals surface area contributed by atoms with E-state index in [-0.39, 0.29) is 35.1 Å². The second-order valence-corrected chi connectivity index (χ2v) is 8.99. The number of aromatic nitrogens is 2. The molecule has 1 aliphatic rings. The predicted molar refractivity (Wildman–Crippen MR) is 101 cm³/mol. The summed E-state index contributed by atoms with van der Waals surface area (Å²) in [6.07, 6.45) is 1.94. The van der Waals surface area contributed by atoms with Gasteiger partial charge in [-0.15, -0.1) is 0 Å². The minimum atomic E-state index is -3.06. The Hall–Kier alpha value is -2.19. The molecule has 9 heteroatoms. The average molecular weight is 395 g/mol. The molecule has 3 rings (SSSR count). The molecule has 1 amide bonds. The Bertz CT molecular complexity index is 949. The third kappa shape index (κ3) is 4.13. The molecule has 1 aliphatic heterocycles. The highest BCUT2D eigenvalue weighted by molar-refractivity contribution is 7.91. The first-order chi connectivity index (χ1) is 12.2. The van der Waals surface area contributed by atoms with Crippen LogP contribution in [0.2, 0.25) is 5.02 Å². The summed E-state index contributed by atoms with van der Waals surface area (Å²) in [5.41, 5.74) is 1.92. The van der Waals surface area contributed by atoms with Crippen LogP contribution >= 0.6 is 11.6 Å². The van der Waals surface area contributed by atoms with Crippen LogP contribution < -0.4 is 5.32 Å². The molecule has 1 unspecified atom stereocenters. The van der Waals surface area contributed by atoms with Crippen LogP contribution in [0.25, 0.3) is 0 Å². The number of anilines is 2. The van der Waals surface area contributed by atoms with Gasteiger partial charge in [0, 0.05) is 30.0 Å². The molecule has 2 aromatic rings. The van der Waals surface area contributed by atoms with Gasteiger partial charge in [0.2, 0.25) is 5.95 Å². The zero-order chi connectivity index (χ0) is 18.9. The van der Waals surface area contributed by atoms with E-state index >= 15 is 0 Å². The molecule has 1 aromatic carbocycles. The highest BCUT2D eigenvalue weighted by atomic mass is 35.5. The van der Waals surface area contributed by atoms with Crippen molar-refractivity contribution in [3.63, 3.8) is 0 Å². The summed E-state index contributed by atoms with van der Waals surface area (Å²) < 4.78 is 23.3. The minimum Gasteiger partial charge on any atom is -0.336 e. The quantitative estimate of drug-likeness (QED) is 0.856. The summed E-state index contributed by atoms with van der Waals surface area (Å²) >= 11 is 5.95. The molecule has 138 valence electrons. The summed E-state index contributed by atoms with van der Waals surface area (Å²) in [5.74, 6) is 0.0657. The number of hydrogen-bond acceptors (Lipinski definition) is 6. The van der Waals surface area contributed by atoms with Crippen molar-refractivity contribution in [1.82, 2.24) is 14.9 Å². The van der Waals surface area contributed by atoms with Crippen molar-refractivity contribution < 1.29 is 13.2 Å². The van der Waals surface area contributed by atoms with Crippen molar-refractivity contribution in [1.29, 1.82) is 0 Å². The number of nitrogens with one attached hydrogen (secondary N) is 1. The van der Waals surface area contributed by atoms with Gasteiger partial charge in [-0.1, -0.05) is 11.6 Å². The SMILES string of the molecule is Cc1cc(Cl)ccc1Nc1nccc(C(=O)N(C)C2CCS(=O)(=O)C2)n1. The average Bonchev–Trinajstić information content (AvgIpc) is 2.96. The van der Waals surface area contributed by atoms with Crippen molar-refractivity contribution in [3.8, 4) is 0 Å². The Labute approximate surface area is 157 Å². The van der Waals surface area contributed by atoms with Gasteiger partial charge in [0.05, 0.1) is 11.5 Å². The molecular weight excluding hydrogens is 376 g/mol. The molecule has 0 radical (unpaired) electrons. The molecule has 2 heterocycles. The van der Waals surface area contributed by atoms with E-state index in [0.29, 0.717) is 11.4 Å². The van der Waals surface area contributed by atoms with E-state index in [0.717, 1.165) is 11.3 Å². The molecule has 1 atom stereocenters. The van der Waals surface area contributed by atoms with E-state index in [2.05, 4.69) is 15.3 Å². The van der Waals surface area contributed by atoms with Crippen molar-refractivity contribution in [2.45, 2.75) is 19.4 Å². The number of halogens is 1. The molecule has 1 saturated heterocycles. The number of rotatable bonds is 4. The molecule has 7 nitrogen and oxygen atoms in total. The minimum absolute atomic E-state index is 0.00456. The van der Waals surface area contributed by atoms with Gasteiger partial charge < -0.3 is 10.2 Å². The summed E-state index contributed by atoms with van der Waals surface area (Å²) in [6.45, 7) is 1.90. The highest BCUT2D eigenvalue weighted by Crippen LogP contribution is 2.22. The van der Waals surface area contributed by atoms with Crippen LogP contribution in [0.4, 0.5) is 11.6 Å². The monoisotopic (exact) mass is 394 g/mol. The second kappa shape index (κ2) is 7.20. The third-order valence-corrected chi connectivity index (χ3v) is 6.37. The smallest absolute Gasteiger partial charge is 0.272 e. The number of amides is 1. The highest BCUT2D eigenvalue weighted by Gasteiger charge is 2.33. The fraction of sp³-hybridized carbons (Fsp3) is 0.353. The number of carbonyl (C=O) groups is 1. The van der Waals surface area contributed by atoms with E-state index < -0.39 is 9.84 Å². The first-order valence-electron chi connectivity index (χ1n) is 8.09. The molecular formula is C17H19ClN4O3S. The largest absolute Gasteiger partial charge is 0.336 e. The molecule has 0 spiro atoms. The fourth-order valence-electron chi connectivity index (χ4n) is 2.85. The maximum absolute atomic E-state index is 12.7. The Kier molecular flexibility index (Phi) is 5.15. The molecule has 0 saturated carbocycles. The Morgan fingerprint density at radius 2 is 2.12 bits per heavy atom. The number of nitrogens with zero attached hydrogens (tertiary/aromatic N) is 3. The number of aryl methyl sites for hydroxylation is 1. The lowest BCUT2D eigenvalue weighted by atomic mass is 10.2.